The van der Waals surface area contributed by atoms with Gasteiger partial charge in [0, 0.05) is 19.2 Å². The molecule has 5 nitrogen and oxygen atoms in total. The number of benzene rings is 1. The normalized spacial score (nSPS) is 11.4. The Morgan fingerprint density at radius 2 is 2.05 bits per heavy atom. The fourth-order valence-corrected chi connectivity index (χ4v) is 1.88. The predicted octanol–water partition coefficient (Wildman–Crippen LogP) is 2.81. The lowest BCUT2D eigenvalue weighted by Crippen LogP contribution is -2.37. The number of hydrogen-bond donors (Lipinski definition) is 2. The Bertz CT molecular complexity index is 563. The largest absolute Gasteiger partial charge is 0.444 e. The minimum atomic E-state index is 0.585. The van der Waals surface area contributed by atoms with E-state index in [1.54, 1.807) is 13.3 Å². The molecule has 0 aliphatic heterocycles. The fourth-order valence-electron chi connectivity index (χ4n) is 1.88. The lowest BCUT2D eigenvalue weighted by Gasteiger charge is -2.09. The Kier molecular flexibility index (Phi) is 5.82. The van der Waals surface area contributed by atoms with E-state index in [4.69, 9.17) is 4.42 Å². The standard InChI is InChI=1S/C16H22N4O/c1-3-4-10-18-16(17-2)19-11-14-12-21-15(20-14)13-8-6-5-7-9-13/h5-9,12H,3-4,10-11H2,1-2H3,(H2,17,18,19). The first-order chi connectivity index (χ1) is 10.3. The van der Waals surface area contributed by atoms with Gasteiger partial charge >= 0.3 is 0 Å². The van der Waals surface area contributed by atoms with Gasteiger partial charge in [-0.3, -0.25) is 4.99 Å². The zero-order chi connectivity index (χ0) is 14.9. The van der Waals surface area contributed by atoms with E-state index in [1.165, 1.54) is 0 Å². The first-order valence-electron chi connectivity index (χ1n) is 7.27. The van der Waals surface area contributed by atoms with Crippen LogP contribution in [0.15, 0.2) is 46.0 Å². The van der Waals surface area contributed by atoms with Crippen molar-refractivity contribution >= 4 is 5.96 Å². The number of aromatic nitrogens is 1. The molecule has 2 N–H and O–H groups in total. The third-order valence-corrected chi connectivity index (χ3v) is 3.06. The molecule has 0 aliphatic carbocycles. The third kappa shape index (κ3) is 4.63. The summed E-state index contributed by atoms with van der Waals surface area (Å²) >= 11 is 0. The van der Waals surface area contributed by atoms with Crippen LogP contribution in [0.1, 0.15) is 25.5 Å². The molecule has 0 fully saturated rings. The summed E-state index contributed by atoms with van der Waals surface area (Å²) in [6, 6.07) is 9.87. The molecule has 0 saturated carbocycles. The van der Waals surface area contributed by atoms with Crippen molar-refractivity contribution in [3.63, 3.8) is 0 Å². The molecular weight excluding hydrogens is 264 g/mol. The maximum Gasteiger partial charge on any atom is 0.226 e. The maximum absolute atomic E-state index is 5.50. The molecule has 0 bridgehead atoms. The maximum atomic E-state index is 5.50. The zero-order valence-corrected chi connectivity index (χ0v) is 12.6. The topological polar surface area (TPSA) is 62.5 Å². The van der Waals surface area contributed by atoms with Gasteiger partial charge < -0.3 is 15.1 Å². The van der Waals surface area contributed by atoms with Crippen molar-refractivity contribution in [1.29, 1.82) is 0 Å². The first-order valence-corrected chi connectivity index (χ1v) is 7.27. The van der Waals surface area contributed by atoms with Gasteiger partial charge in [-0.05, 0) is 18.6 Å². The zero-order valence-electron chi connectivity index (χ0n) is 12.6. The number of oxazole rings is 1. The molecule has 0 unspecified atom stereocenters. The molecule has 1 aromatic carbocycles. The van der Waals surface area contributed by atoms with Crippen LogP contribution in [-0.2, 0) is 6.54 Å². The second-order valence-electron chi connectivity index (χ2n) is 4.72. The van der Waals surface area contributed by atoms with Crippen molar-refractivity contribution in [2.45, 2.75) is 26.3 Å². The SMILES string of the molecule is CCCCNC(=NC)NCc1coc(-c2ccccc2)n1. The minimum Gasteiger partial charge on any atom is -0.444 e. The smallest absolute Gasteiger partial charge is 0.226 e. The molecule has 5 heteroatoms. The average Bonchev–Trinajstić information content (AvgIpc) is 3.00. The highest BCUT2D eigenvalue weighted by Gasteiger charge is 2.06. The van der Waals surface area contributed by atoms with Crippen molar-refractivity contribution < 1.29 is 4.42 Å². The first kappa shape index (κ1) is 15.1. The van der Waals surface area contributed by atoms with E-state index in [9.17, 15) is 0 Å². The number of unbranched alkanes of at least 4 members (excludes halogenated alkanes) is 1. The summed E-state index contributed by atoms with van der Waals surface area (Å²) in [5.74, 6) is 1.43. The van der Waals surface area contributed by atoms with Crippen LogP contribution < -0.4 is 10.6 Å². The van der Waals surface area contributed by atoms with Crippen LogP contribution in [0.2, 0.25) is 0 Å². The van der Waals surface area contributed by atoms with Crippen molar-refractivity contribution in [2.75, 3.05) is 13.6 Å². The van der Waals surface area contributed by atoms with Crippen LogP contribution in [-0.4, -0.2) is 24.5 Å². The highest BCUT2D eigenvalue weighted by molar-refractivity contribution is 5.79. The summed E-state index contributed by atoms with van der Waals surface area (Å²) in [6.45, 7) is 3.67. The van der Waals surface area contributed by atoms with E-state index in [0.29, 0.717) is 12.4 Å². The van der Waals surface area contributed by atoms with Crippen molar-refractivity contribution in [2.24, 2.45) is 4.99 Å². The molecule has 0 atom stereocenters. The van der Waals surface area contributed by atoms with Gasteiger partial charge in [-0.2, -0.15) is 0 Å². The second kappa shape index (κ2) is 8.09. The number of hydrogen-bond acceptors (Lipinski definition) is 3. The van der Waals surface area contributed by atoms with E-state index >= 15 is 0 Å². The van der Waals surface area contributed by atoms with Gasteiger partial charge in [-0.25, -0.2) is 4.98 Å². The van der Waals surface area contributed by atoms with Crippen LogP contribution in [0.25, 0.3) is 11.5 Å². The van der Waals surface area contributed by atoms with Crippen LogP contribution in [0.5, 0.6) is 0 Å². The van der Waals surface area contributed by atoms with Gasteiger partial charge in [0.05, 0.1) is 12.2 Å². The highest BCUT2D eigenvalue weighted by atomic mass is 16.3. The second-order valence-corrected chi connectivity index (χ2v) is 4.72. The lowest BCUT2D eigenvalue weighted by molar-refractivity contribution is 0.572. The van der Waals surface area contributed by atoms with Gasteiger partial charge in [0.2, 0.25) is 5.89 Å². The number of nitrogens with zero attached hydrogens (tertiary/aromatic N) is 2. The quantitative estimate of drug-likeness (QED) is 0.487. The third-order valence-electron chi connectivity index (χ3n) is 3.06. The van der Waals surface area contributed by atoms with Gasteiger partial charge in [-0.1, -0.05) is 31.5 Å². The molecule has 1 heterocycles. The van der Waals surface area contributed by atoms with Gasteiger partial charge in [0.25, 0.3) is 0 Å². The summed E-state index contributed by atoms with van der Waals surface area (Å²) in [4.78, 5) is 8.65. The minimum absolute atomic E-state index is 0.585. The Morgan fingerprint density at radius 1 is 1.24 bits per heavy atom. The Balaban J connectivity index is 1.88. The predicted molar refractivity (Wildman–Crippen MR) is 85.0 cm³/mol. The highest BCUT2D eigenvalue weighted by Crippen LogP contribution is 2.17. The number of aliphatic imine (C=N–C) groups is 1. The summed E-state index contributed by atoms with van der Waals surface area (Å²) in [7, 11) is 1.76. The lowest BCUT2D eigenvalue weighted by atomic mass is 10.2. The molecule has 0 spiro atoms. The summed E-state index contributed by atoms with van der Waals surface area (Å²) in [6.07, 6.45) is 3.96. The molecule has 0 amide bonds. The molecule has 112 valence electrons. The Hall–Kier alpha value is -2.30. The fraction of sp³-hybridized carbons (Fsp3) is 0.375. The van der Waals surface area contributed by atoms with Crippen LogP contribution in [0.3, 0.4) is 0 Å². The summed E-state index contributed by atoms with van der Waals surface area (Å²) in [5, 5.41) is 6.49. The van der Waals surface area contributed by atoms with E-state index < -0.39 is 0 Å². The monoisotopic (exact) mass is 286 g/mol. The number of nitrogens with one attached hydrogen (secondary N) is 2. The van der Waals surface area contributed by atoms with E-state index in [-0.39, 0.29) is 0 Å². The van der Waals surface area contributed by atoms with Crippen molar-refractivity contribution in [1.82, 2.24) is 15.6 Å². The molecule has 2 rings (SSSR count). The Morgan fingerprint density at radius 3 is 2.76 bits per heavy atom. The van der Waals surface area contributed by atoms with E-state index in [1.807, 2.05) is 30.3 Å². The molecule has 21 heavy (non-hydrogen) atoms. The molecule has 0 saturated heterocycles. The summed E-state index contributed by atoms with van der Waals surface area (Å²) < 4.78 is 5.50. The summed E-state index contributed by atoms with van der Waals surface area (Å²) in [5.41, 5.74) is 1.83. The van der Waals surface area contributed by atoms with Crippen LogP contribution in [0, 0.1) is 0 Å². The van der Waals surface area contributed by atoms with E-state index in [2.05, 4.69) is 27.5 Å². The molecule has 0 radical (unpaired) electrons. The Labute approximate surface area is 125 Å². The number of rotatable bonds is 6. The van der Waals surface area contributed by atoms with Gasteiger partial charge in [-0.15, -0.1) is 0 Å². The van der Waals surface area contributed by atoms with Gasteiger partial charge in [0.15, 0.2) is 5.96 Å². The molecule has 2 aromatic rings. The van der Waals surface area contributed by atoms with Gasteiger partial charge in [0.1, 0.15) is 6.26 Å². The average molecular weight is 286 g/mol. The molecule has 1 aromatic heterocycles. The van der Waals surface area contributed by atoms with Crippen molar-refractivity contribution in [3.05, 3.63) is 42.3 Å². The molecule has 0 aliphatic rings. The van der Waals surface area contributed by atoms with Crippen molar-refractivity contribution in [3.8, 4) is 11.5 Å². The van der Waals surface area contributed by atoms with E-state index in [0.717, 1.165) is 36.6 Å². The van der Waals surface area contributed by atoms with Crippen LogP contribution >= 0.6 is 0 Å². The van der Waals surface area contributed by atoms with Crippen LogP contribution in [0.4, 0.5) is 0 Å². The molecular formula is C16H22N4O. The number of guanidine groups is 1.